The van der Waals surface area contributed by atoms with E-state index in [1.54, 1.807) is 6.92 Å². The number of carbonyl (C=O) groups is 1. The molecule has 0 bridgehead atoms. The van der Waals surface area contributed by atoms with Crippen LogP contribution < -0.4 is 0 Å². The molecule has 1 aliphatic carbocycles. The molecule has 0 spiro atoms. The highest BCUT2D eigenvalue weighted by Gasteiger charge is 2.35. The smallest absolute Gasteiger partial charge is 0.219 e. The summed E-state index contributed by atoms with van der Waals surface area (Å²) in [7, 11) is 1.99. The Morgan fingerprint density at radius 1 is 1.45 bits per heavy atom. The Hall–Kier alpha value is -1.36. The molecule has 3 rings (SSSR count). The zero-order chi connectivity index (χ0) is 14.1. The highest BCUT2D eigenvalue weighted by Crippen LogP contribution is 2.29. The van der Waals surface area contributed by atoms with Gasteiger partial charge in [-0.25, -0.2) is 0 Å². The molecule has 20 heavy (non-hydrogen) atoms. The van der Waals surface area contributed by atoms with Gasteiger partial charge in [-0.1, -0.05) is 0 Å². The molecule has 5 nitrogen and oxygen atoms in total. The Morgan fingerprint density at radius 2 is 2.25 bits per heavy atom. The topological polar surface area (TPSA) is 41.4 Å². The third kappa shape index (κ3) is 2.87. The standard InChI is InChI=1S/C15H24N4O/c1-12(20)19(13-5-6-13)11-15-4-3-9-18(15)10-14-7-8-16-17(14)2/h7-8,13,15H,3-6,9-11H2,1-2H3. The third-order valence-corrected chi connectivity index (χ3v) is 4.59. The van der Waals surface area contributed by atoms with Crippen molar-refractivity contribution in [2.24, 2.45) is 7.05 Å². The van der Waals surface area contributed by atoms with Crippen molar-refractivity contribution in [3.05, 3.63) is 18.0 Å². The minimum atomic E-state index is 0.236. The maximum absolute atomic E-state index is 11.8. The predicted octanol–water partition coefficient (Wildman–Crippen LogP) is 1.40. The van der Waals surface area contributed by atoms with E-state index in [9.17, 15) is 4.79 Å². The molecule has 1 saturated carbocycles. The lowest BCUT2D eigenvalue weighted by atomic mass is 10.2. The lowest BCUT2D eigenvalue weighted by Crippen LogP contribution is -2.43. The van der Waals surface area contributed by atoms with Crippen molar-refractivity contribution in [1.82, 2.24) is 19.6 Å². The Morgan fingerprint density at radius 3 is 2.85 bits per heavy atom. The summed E-state index contributed by atoms with van der Waals surface area (Å²) in [6, 6.07) is 3.11. The van der Waals surface area contributed by atoms with Gasteiger partial charge in [0, 0.05) is 45.3 Å². The van der Waals surface area contributed by atoms with Crippen molar-refractivity contribution >= 4 is 5.91 Å². The second kappa shape index (κ2) is 5.56. The zero-order valence-corrected chi connectivity index (χ0v) is 12.5. The number of rotatable bonds is 5. The average molecular weight is 276 g/mol. The SMILES string of the molecule is CC(=O)N(CC1CCCN1Cc1ccnn1C)C1CC1. The number of hydrogen-bond acceptors (Lipinski definition) is 3. The van der Waals surface area contributed by atoms with E-state index in [4.69, 9.17) is 0 Å². The average Bonchev–Trinajstić information content (AvgIpc) is 3.03. The van der Waals surface area contributed by atoms with Gasteiger partial charge in [0.25, 0.3) is 0 Å². The van der Waals surface area contributed by atoms with E-state index < -0.39 is 0 Å². The van der Waals surface area contributed by atoms with Gasteiger partial charge in [-0.3, -0.25) is 14.4 Å². The van der Waals surface area contributed by atoms with Crippen LogP contribution in [0.4, 0.5) is 0 Å². The summed E-state index contributed by atoms with van der Waals surface area (Å²) in [5.41, 5.74) is 1.25. The predicted molar refractivity (Wildman–Crippen MR) is 77.0 cm³/mol. The van der Waals surface area contributed by atoms with Gasteiger partial charge in [0.05, 0.1) is 5.69 Å². The summed E-state index contributed by atoms with van der Waals surface area (Å²) < 4.78 is 1.94. The fourth-order valence-electron chi connectivity index (χ4n) is 3.22. The third-order valence-electron chi connectivity index (χ3n) is 4.59. The number of amides is 1. The lowest BCUT2D eigenvalue weighted by molar-refractivity contribution is -0.130. The first-order chi connectivity index (χ1) is 9.65. The van der Waals surface area contributed by atoms with Gasteiger partial charge in [-0.05, 0) is 38.3 Å². The summed E-state index contributed by atoms with van der Waals surface area (Å²) in [5.74, 6) is 0.236. The zero-order valence-electron chi connectivity index (χ0n) is 12.5. The van der Waals surface area contributed by atoms with Crippen molar-refractivity contribution in [3.8, 4) is 0 Å². The number of likely N-dealkylation sites (tertiary alicyclic amines) is 1. The second-order valence-corrected chi connectivity index (χ2v) is 6.12. The highest BCUT2D eigenvalue weighted by atomic mass is 16.2. The Balaban J connectivity index is 1.63. The molecule has 2 heterocycles. The van der Waals surface area contributed by atoms with E-state index in [1.807, 2.05) is 17.9 Å². The Kier molecular flexibility index (Phi) is 3.78. The van der Waals surface area contributed by atoms with E-state index in [2.05, 4.69) is 21.0 Å². The van der Waals surface area contributed by atoms with Crippen LogP contribution in [0.25, 0.3) is 0 Å². The van der Waals surface area contributed by atoms with Crippen LogP contribution in [-0.4, -0.2) is 50.7 Å². The van der Waals surface area contributed by atoms with E-state index in [1.165, 1.54) is 31.4 Å². The van der Waals surface area contributed by atoms with Crippen LogP contribution in [-0.2, 0) is 18.4 Å². The van der Waals surface area contributed by atoms with Crippen LogP contribution >= 0.6 is 0 Å². The molecular weight excluding hydrogens is 252 g/mol. The van der Waals surface area contributed by atoms with E-state index in [0.29, 0.717) is 12.1 Å². The van der Waals surface area contributed by atoms with E-state index >= 15 is 0 Å². The first-order valence-electron chi connectivity index (χ1n) is 7.63. The van der Waals surface area contributed by atoms with E-state index in [-0.39, 0.29) is 5.91 Å². The molecule has 1 atom stereocenters. The van der Waals surface area contributed by atoms with Crippen molar-refractivity contribution in [1.29, 1.82) is 0 Å². The molecule has 1 amide bonds. The van der Waals surface area contributed by atoms with Crippen molar-refractivity contribution in [3.63, 3.8) is 0 Å². The summed E-state index contributed by atoms with van der Waals surface area (Å²) in [6.07, 6.45) is 6.67. The number of hydrogen-bond donors (Lipinski definition) is 0. The van der Waals surface area contributed by atoms with Gasteiger partial charge >= 0.3 is 0 Å². The van der Waals surface area contributed by atoms with E-state index in [0.717, 1.165) is 19.6 Å². The van der Waals surface area contributed by atoms with Crippen molar-refractivity contribution in [2.75, 3.05) is 13.1 Å². The molecule has 1 aromatic rings. The summed E-state index contributed by atoms with van der Waals surface area (Å²) in [5, 5.41) is 4.24. The van der Waals surface area contributed by atoms with Crippen LogP contribution in [0.3, 0.4) is 0 Å². The summed E-state index contributed by atoms with van der Waals surface area (Å²) in [6.45, 7) is 4.68. The number of nitrogens with zero attached hydrogens (tertiary/aromatic N) is 4. The Labute approximate surface area is 120 Å². The molecule has 1 aliphatic heterocycles. The monoisotopic (exact) mass is 276 g/mol. The molecule has 2 fully saturated rings. The lowest BCUT2D eigenvalue weighted by Gasteiger charge is -2.30. The molecule has 1 saturated heterocycles. The highest BCUT2D eigenvalue weighted by molar-refractivity contribution is 5.74. The first-order valence-corrected chi connectivity index (χ1v) is 7.63. The normalized spacial score (nSPS) is 23.2. The molecule has 0 aromatic carbocycles. The number of aromatic nitrogens is 2. The molecule has 0 N–H and O–H groups in total. The fraction of sp³-hybridized carbons (Fsp3) is 0.733. The number of carbonyl (C=O) groups excluding carboxylic acids is 1. The maximum Gasteiger partial charge on any atom is 0.219 e. The van der Waals surface area contributed by atoms with Crippen LogP contribution in [0.1, 0.15) is 38.3 Å². The maximum atomic E-state index is 11.8. The van der Waals surface area contributed by atoms with Gasteiger partial charge in [0.15, 0.2) is 0 Å². The van der Waals surface area contributed by atoms with Crippen LogP contribution in [0.5, 0.6) is 0 Å². The minimum Gasteiger partial charge on any atom is -0.338 e. The molecule has 2 aliphatic rings. The van der Waals surface area contributed by atoms with Crippen LogP contribution in [0.2, 0.25) is 0 Å². The molecule has 5 heteroatoms. The molecule has 110 valence electrons. The van der Waals surface area contributed by atoms with Crippen molar-refractivity contribution < 1.29 is 4.79 Å². The van der Waals surface area contributed by atoms with Gasteiger partial charge in [-0.2, -0.15) is 5.10 Å². The van der Waals surface area contributed by atoms with Crippen molar-refractivity contribution in [2.45, 2.75) is 51.2 Å². The molecule has 1 unspecified atom stereocenters. The van der Waals surface area contributed by atoms with Crippen LogP contribution in [0, 0.1) is 0 Å². The van der Waals surface area contributed by atoms with Crippen LogP contribution in [0.15, 0.2) is 12.3 Å². The van der Waals surface area contributed by atoms with Gasteiger partial charge in [0.1, 0.15) is 0 Å². The van der Waals surface area contributed by atoms with Gasteiger partial charge < -0.3 is 4.90 Å². The number of aryl methyl sites for hydroxylation is 1. The molecule has 0 radical (unpaired) electrons. The summed E-state index contributed by atoms with van der Waals surface area (Å²) in [4.78, 5) is 16.4. The first kappa shape index (κ1) is 13.6. The second-order valence-electron chi connectivity index (χ2n) is 6.12. The van der Waals surface area contributed by atoms with Gasteiger partial charge in [-0.15, -0.1) is 0 Å². The Bertz CT molecular complexity index is 480. The van der Waals surface area contributed by atoms with Gasteiger partial charge in [0.2, 0.25) is 5.91 Å². The molecular formula is C15H24N4O. The molecule has 1 aromatic heterocycles. The minimum absolute atomic E-state index is 0.236. The largest absolute Gasteiger partial charge is 0.338 e. The quantitative estimate of drug-likeness (QED) is 0.816. The summed E-state index contributed by atoms with van der Waals surface area (Å²) >= 11 is 0. The fourth-order valence-corrected chi connectivity index (χ4v) is 3.22.